The van der Waals surface area contributed by atoms with Crippen LogP contribution in [0, 0.1) is 0 Å². The van der Waals surface area contributed by atoms with Gasteiger partial charge in [0.2, 0.25) is 5.91 Å². The van der Waals surface area contributed by atoms with Crippen molar-refractivity contribution >= 4 is 52.0 Å². The predicted molar refractivity (Wildman–Crippen MR) is 138 cm³/mol. The molecule has 35 heavy (non-hydrogen) atoms. The van der Waals surface area contributed by atoms with Crippen molar-refractivity contribution in [1.82, 2.24) is 20.1 Å². The lowest BCUT2D eigenvalue weighted by Gasteiger charge is -2.43. The van der Waals surface area contributed by atoms with Crippen LogP contribution in [0.1, 0.15) is 63.9 Å². The van der Waals surface area contributed by atoms with Gasteiger partial charge in [0.25, 0.3) is 5.91 Å². The van der Waals surface area contributed by atoms with E-state index in [-0.39, 0.29) is 11.8 Å². The summed E-state index contributed by atoms with van der Waals surface area (Å²) in [5.41, 5.74) is -0.0407. The average Bonchev–Trinajstić information content (AvgIpc) is 3.10. The monoisotopic (exact) mass is 524 g/mol. The molecule has 3 rings (SSSR count). The van der Waals surface area contributed by atoms with E-state index >= 15 is 0 Å². The Labute approximate surface area is 216 Å². The number of likely N-dealkylation sites (tertiary alicyclic amines) is 1. The molecule has 1 saturated heterocycles. The largest absolute Gasteiger partial charge is 0.444 e. The molecule has 0 aliphatic carbocycles. The van der Waals surface area contributed by atoms with Crippen LogP contribution in [0.3, 0.4) is 0 Å². The summed E-state index contributed by atoms with van der Waals surface area (Å²) in [7, 11) is 1.80. The molecular formula is C25H34Cl2N4O4. The molecule has 0 saturated carbocycles. The Hall–Kier alpha value is -2.45. The number of hydrogen-bond donors (Lipinski definition) is 2. The maximum Gasteiger partial charge on any atom is 0.410 e. The first-order valence-corrected chi connectivity index (χ1v) is 12.6. The van der Waals surface area contributed by atoms with Gasteiger partial charge in [-0.2, -0.15) is 0 Å². The second-order valence-corrected chi connectivity index (χ2v) is 11.0. The van der Waals surface area contributed by atoms with Crippen molar-refractivity contribution in [3.63, 3.8) is 0 Å². The van der Waals surface area contributed by atoms with E-state index in [1.165, 1.54) is 6.92 Å². The van der Waals surface area contributed by atoms with E-state index in [2.05, 4.69) is 10.6 Å². The highest BCUT2D eigenvalue weighted by atomic mass is 35.5. The van der Waals surface area contributed by atoms with Crippen LogP contribution in [0.4, 0.5) is 4.79 Å². The van der Waals surface area contributed by atoms with E-state index in [4.69, 9.17) is 27.9 Å². The first-order chi connectivity index (χ1) is 16.3. The van der Waals surface area contributed by atoms with Gasteiger partial charge in [-0.1, -0.05) is 23.2 Å². The quantitative estimate of drug-likeness (QED) is 0.525. The summed E-state index contributed by atoms with van der Waals surface area (Å²) in [6.45, 7) is 8.32. The van der Waals surface area contributed by atoms with Crippen LogP contribution in [-0.2, 0) is 16.6 Å². The maximum atomic E-state index is 13.5. The normalized spacial score (nSPS) is 18.4. The van der Waals surface area contributed by atoms with E-state index in [0.29, 0.717) is 60.0 Å². The Morgan fingerprint density at radius 3 is 2.57 bits per heavy atom. The molecule has 2 aromatic rings. The third kappa shape index (κ3) is 6.61. The summed E-state index contributed by atoms with van der Waals surface area (Å²) in [5.74, 6) is -0.366. The number of aromatic nitrogens is 1. The van der Waals surface area contributed by atoms with Crippen LogP contribution in [-0.4, -0.2) is 58.1 Å². The average molecular weight is 525 g/mol. The molecule has 10 heteroatoms. The van der Waals surface area contributed by atoms with Crippen LogP contribution in [0.25, 0.3) is 10.9 Å². The summed E-state index contributed by atoms with van der Waals surface area (Å²) < 4.78 is 7.37. The zero-order chi connectivity index (χ0) is 26.0. The van der Waals surface area contributed by atoms with Crippen molar-refractivity contribution in [2.75, 3.05) is 19.6 Å². The van der Waals surface area contributed by atoms with Crippen LogP contribution < -0.4 is 10.6 Å². The second kappa shape index (κ2) is 10.7. The summed E-state index contributed by atoms with van der Waals surface area (Å²) in [5, 5.41) is 7.55. The van der Waals surface area contributed by atoms with Crippen molar-refractivity contribution < 1.29 is 19.1 Å². The highest BCUT2D eigenvalue weighted by molar-refractivity contribution is 6.45. The van der Waals surface area contributed by atoms with Gasteiger partial charge in [0.15, 0.2) is 0 Å². The number of benzene rings is 1. The number of carbonyl (C=O) groups excluding carboxylic acids is 3. The molecule has 1 aliphatic rings. The first-order valence-electron chi connectivity index (χ1n) is 11.8. The highest BCUT2D eigenvalue weighted by Gasteiger charge is 2.40. The molecule has 3 amide bonds. The maximum absolute atomic E-state index is 13.5. The Kier molecular flexibility index (Phi) is 8.27. The van der Waals surface area contributed by atoms with E-state index in [9.17, 15) is 14.4 Å². The van der Waals surface area contributed by atoms with Crippen molar-refractivity contribution in [2.45, 2.75) is 64.5 Å². The number of nitrogens with one attached hydrogen (secondary N) is 2. The summed E-state index contributed by atoms with van der Waals surface area (Å²) >= 11 is 12.6. The molecule has 2 heterocycles. The van der Waals surface area contributed by atoms with E-state index < -0.39 is 17.2 Å². The van der Waals surface area contributed by atoms with Gasteiger partial charge in [0.05, 0.1) is 15.6 Å². The molecule has 0 radical (unpaired) electrons. The van der Waals surface area contributed by atoms with Gasteiger partial charge in [-0.25, -0.2) is 4.79 Å². The number of halogens is 2. The van der Waals surface area contributed by atoms with Gasteiger partial charge in [0, 0.05) is 44.5 Å². The van der Waals surface area contributed by atoms with Crippen molar-refractivity contribution in [1.29, 1.82) is 0 Å². The molecular weight excluding hydrogens is 491 g/mol. The number of aryl methyl sites for hydroxylation is 1. The molecule has 8 nitrogen and oxygen atoms in total. The van der Waals surface area contributed by atoms with Crippen LogP contribution >= 0.6 is 23.2 Å². The Balaban J connectivity index is 1.86. The number of amides is 3. The SMILES string of the molecule is CC(=O)NCCCC1(NC(=O)c2cc3c(Cl)c(Cl)ccc3n2C)CCCN(C(=O)OC(C)(C)C)C1. The van der Waals surface area contributed by atoms with Gasteiger partial charge in [-0.3, -0.25) is 9.59 Å². The Bertz CT molecular complexity index is 1120. The molecule has 1 aromatic heterocycles. The zero-order valence-electron chi connectivity index (χ0n) is 21.0. The fourth-order valence-corrected chi connectivity index (χ4v) is 4.92. The highest BCUT2D eigenvalue weighted by Crippen LogP contribution is 2.33. The second-order valence-electron chi connectivity index (χ2n) is 10.2. The fraction of sp³-hybridized carbons (Fsp3) is 0.560. The van der Waals surface area contributed by atoms with E-state index in [1.54, 1.807) is 28.6 Å². The van der Waals surface area contributed by atoms with Crippen LogP contribution in [0.5, 0.6) is 0 Å². The van der Waals surface area contributed by atoms with E-state index in [0.717, 1.165) is 11.9 Å². The van der Waals surface area contributed by atoms with Gasteiger partial charge >= 0.3 is 6.09 Å². The Morgan fingerprint density at radius 1 is 1.20 bits per heavy atom. The third-order valence-electron chi connectivity index (χ3n) is 6.16. The van der Waals surface area contributed by atoms with Gasteiger partial charge in [-0.05, 0) is 64.7 Å². The molecule has 0 bridgehead atoms. The number of piperidine rings is 1. The molecule has 192 valence electrons. The lowest BCUT2D eigenvalue weighted by molar-refractivity contribution is -0.119. The number of fused-ring (bicyclic) bond motifs is 1. The minimum absolute atomic E-state index is 0.104. The van der Waals surface area contributed by atoms with Crippen molar-refractivity contribution in [2.24, 2.45) is 7.05 Å². The van der Waals surface area contributed by atoms with Crippen LogP contribution in [0.2, 0.25) is 10.0 Å². The Morgan fingerprint density at radius 2 is 1.91 bits per heavy atom. The van der Waals surface area contributed by atoms with Crippen molar-refractivity contribution in [3.05, 3.63) is 33.9 Å². The smallest absolute Gasteiger partial charge is 0.410 e. The van der Waals surface area contributed by atoms with Crippen molar-refractivity contribution in [3.8, 4) is 0 Å². The number of nitrogens with zero attached hydrogens (tertiary/aromatic N) is 2. The first kappa shape index (κ1) is 27.1. The summed E-state index contributed by atoms with van der Waals surface area (Å²) in [6.07, 6.45) is 2.27. The topological polar surface area (TPSA) is 92.7 Å². The fourth-order valence-electron chi connectivity index (χ4n) is 4.55. The number of carbonyl (C=O) groups is 3. The van der Waals surface area contributed by atoms with Crippen LogP contribution in [0.15, 0.2) is 18.2 Å². The number of ether oxygens (including phenoxy) is 1. The predicted octanol–water partition coefficient (Wildman–Crippen LogP) is 4.90. The molecule has 1 aromatic carbocycles. The van der Waals surface area contributed by atoms with E-state index in [1.807, 2.05) is 26.8 Å². The minimum Gasteiger partial charge on any atom is -0.444 e. The molecule has 0 spiro atoms. The molecule has 1 atom stereocenters. The van der Waals surface area contributed by atoms with Gasteiger partial charge in [-0.15, -0.1) is 0 Å². The summed E-state index contributed by atoms with van der Waals surface area (Å²) in [4.78, 5) is 39.3. The van der Waals surface area contributed by atoms with Gasteiger partial charge in [0.1, 0.15) is 11.3 Å². The third-order valence-corrected chi connectivity index (χ3v) is 6.98. The number of rotatable bonds is 6. The van der Waals surface area contributed by atoms with Gasteiger partial charge < -0.3 is 24.8 Å². The molecule has 1 unspecified atom stereocenters. The zero-order valence-corrected chi connectivity index (χ0v) is 22.5. The summed E-state index contributed by atoms with van der Waals surface area (Å²) in [6, 6.07) is 5.27. The lowest BCUT2D eigenvalue weighted by atomic mass is 9.84. The molecule has 1 aliphatic heterocycles. The standard InChI is InChI=1S/C25H34Cl2N4O4/c1-16(32)28-12-6-10-25(11-7-13-31(15-25)23(34)35-24(2,3)4)29-22(33)20-14-17-19(30(20)5)9-8-18(26)21(17)27/h8-9,14H,6-7,10-13,15H2,1-5H3,(H,28,32)(H,29,33). The minimum atomic E-state index is -0.664. The lowest BCUT2D eigenvalue weighted by Crippen LogP contribution is -2.60. The molecule has 1 fully saturated rings. The number of hydrogen-bond acceptors (Lipinski definition) is 4. The molecule has 2 N–H and O–H groups in total.